The summed E-state index contributed by atoms with van der Waals surface area (Å²) in [4.78, 5) is 13.4. The molecule has 2 aromatic carbocycles. The lowest BCUT2D eigenvalue weighted by molar-refractivity contribution is -0.113. The number of carbonyl (C=O) groups excluding carboxylic acids is 1. The predicted molar refractivity (Wildman–Crippen MR) is 132 cm³/mol. The first-order chi connectivity index (χ1) is 16.4. The van der Waals surface area contributed by atoms with Crippen LogP contribution in [0.4, 0.5) is 0 Å². The molecule has 34 heavy (non-hydrogen) atoms. The maximum Gasteiger partial charge on any atom is 0.203 e. The first kappa shape index (κ1) is 25.0. The summed E-state index contributed by atoms with van der Waals surface area (Å²) in [7, 11) is 9.40. The molecule has 1 aliphatic carbocycles. The molecule has 0 atom stereocenters. The largest absolute Gasteiger partial charge is 0.493 e. The molecule has 0 unspecified atom stereocenters. The number of ketones is 1. The third-order valence-electron chi connectivity index (χ3n) is 5.78. The van der Waals surface area contributed by atoms with E-state index in [1.165, 1.54) is 0 Å². The van der Waals surface area contributed by atoms with Crippen LogP contribution in [0.25, 0.3) is 12.2 Å². The van der Waals surface area contributed by atoms with Gasteiger partial charge in [0.1, 0.15) is 0 Å². The lowest BCUT2D eigenvalue weighted by Crippen LogP contribution is -2.18. The van der Waals surface area contributed by atoms with Crippen LogP contribution in [0.3, 0.4) is 0 Å². The minimum atomic E-state index is 0.0144. The van der Waals surface area contributed by atoms with Gasteiger partial charge < -0.3 is 28.4 Å². The molecule has 0 bridgehead atoms. The van der Waals surface area contributed by atoms with E-state index in [1.54, 1.807) is 42.7 Å². The first-order valence-electron chi connectivity index (χ1n) is 10.9. The summed E-state index contributed by atoms with van der Waals surface area (Å²) in [6.07, 6.45) is 5.15. The first-order valence-corrected chi connectivity index (χ1v) is 10.9. The Morgan fingerprint density at radius 1 is 0.618 bits per heavy atom. The normalized spacial score (nSPS) is 18.1. The standard InChI is InChI=1S/C27H32O7/c1-16-8-19(10-17-12-21(29-2)26(33-6)22(13-17)30-3)25(28)20(9-16)11-18-14-23(31-4)27(34-7)24(15-18)32-5/h10-16H,8-9H2,1-7H3/b19-10-,20-11-. The fourth-order valence-electron chi connectivity index (χ4n) is 4.24. The van der Waals surface area contributed by atoms with E-state index >= 15 is 0 Å². The van der Waals surface area contributed by atoms with Gasteiger partial charge in [0.05, 0.1) is 42.7 Å². The number of ether oxygens (including phenoxy) is 6. The van der Waals surface area contributed by atoms with Gasteiger partial charge in [0, 0.05) is 11.1 Å². The Bertz CT molecular complexity index is 978. The monoisotopic (exact) mass is 468 g/mol. The van der Waals surface area contributed by atoms with Crippen molar-refractivity contribution in [1.29, 1.82) is 0 Å². The van der Waals surface area contributed by atoms with Gasteiger partial charge in [-0.25, -0.2) is 0 Å². The van der Waals surface area contributed by atoms with Gasteiger partial charge in [0.2, 0.25) is 11.5 Å². The number of methoxy groups -OCH3 is 6. The molecule has 182 valence electrons. The fraction of sp³-hybridized carbons (Fsp3) is 0.370. The zero-order chi connectivity index (χ0) is 24.8. The second-order valence-electron chi connectivity index (χ2n) is 8.10. The zero-order valence-corrected chi connectivity index (χ0v) is 20.8. The molecular weight excluding hydrogens is 436 g/mol. The molecular formula is C27H32O7. The summed E-state index contributed by atoms with van der Waals surface area (Å²) in [6.45, 7) is 2.14. The number of hydrogen-bond donors (Lipinski definition) is 0. The van der Waals surface area contributed by atoms with Gasteiger partial charge in [-0.05, 0) is 66.3 Å². The molecule has 0 saturated heterocycles. The highest BCUT2D eigenvalue weighted by Gasteiger charge is 2.26. The smallest absolute Gasteiger partial charge is 0.203 e. The van der Waals surface area contributed by atoms with Crippen LogP contribution in [-0.2, 0) is 4.79 Å². The van der Waals surface area contributed by atoms with Gasteiger partial charge in [0.25, 0.3) is 0 Å². The average molecular weight is 469 g/mol. The average Bonchev–Trinajstić information content (AvgIpc) is 2.85. The Kier molecular flexibility index (Phi) is 8.10. The molecule has 0 radical (unpaired) electrons. The summed E-state index contributed by atoms with van der Waals surface area (Å²) in [5.74, 6) is 3.50. The Morgan fingerprint density at radius 2 is 0.941 bits per heavy atom. The summed E-state index contributed by atoms with van der Waals surface area (Å²) in [5.41, 5.74) is 3.07. The van der Waals surface area contributed by atoms with E-state index in [-0.39, 0.29) is 5.78 Å². The highest BCUT2D eigenvalue weighted by Crippen LogP contribution is 2.41. The second kappa shape index (κ2) is 11.0. The number of hydrogen-bond acceptors (Lipinski definition) is 7. The molecule has 0 aliphatic heterocycles. The molecule has 0 N–H and O–H groups in total. The van der Waals surface area contributed by atoms with Crippen LogP contribution >= 0.6 is 0 Å². The molecule has 3 rings (SSSR count). The van der Waals surface area contributed by atoms with Crippen LogP contribution < -0.4 is 28.4 Å². The molecule has 0 amide bonds. The van der Waals surface area contributed by atoms with Crippen LogP contribution in [0.1, 0.15) is 30.9 Å². The van der Waals surface area contributed by atoms with Crippen molar-refractivity contribution in [2.45, 2.75) is 19.8 Å². The van der Waals surface area contributed by atoms with Crippen molar-refractivity contribution in [2.24, 2.45) is 5.92 Å². The Balaban J connectivity index is 2.03. The number of benzene rings is 2. The lowest BCUT2D eigenvalue weighted by Gasteiger charge is -2.23. The maximum atomic E-state index is 13.4. The fourth-order valence-corrected chi connectivity index (χ4v) is 4.24. The van der Waals surface area contributed by atoms with Crippen molar-refractivity contribution >= 4 is 17.9 Å². The summed E-state index contributed by atoms with van der Waals surface area (Å²) in [6, 6.07) is 7.35. The van der Waals surface area contributed by atoms with Gasteiger partial charge in [-0.2, -0.15) is 0 Å². The SMILES string of the molecule is COc1cc(/C=C2/CC(C)C/C(=C/c3cc(OC)c(OC)c(OC)c3)C2=O)cc(OC)c1OC. The molecule has 2 aromatic rings. The molecule has 1 saturated carbocycles. The number of allylic oxidation sites excluding steroid dienone is 2. The minimum absolute atomic E-state index is 0.0144. The van der Waals surface area contributed by atoms with E-state index < -0.39 is 0 Å². The van der Waals surface area contributed by atoms with Gasteiger partial charge in [0.15, 0.2) is 28.8 Å². The Morgan fingerprint density at radius 3 is 1.21 bits per heavy atom. The summed E-state index contributed by atoms with van der Waals surface area (Å²) >= 11 is 0. The molecule has 1 aliphatic rings. The molecule has 0 aromatic heterocycles. The van der Waals surface area contributed by atoms with Gasteiger partial charge >= 0.3 is 0 Å². The summed E-state index contributed by atoms with van der Waals surface area (Å²) in [5, 5.41) is 0. The molecule has 7 heteroatoms. The van der Waals surface area contributed by atoms with Crippen molar-refractivity contribution in [1.82, 2.24) is 0 Å². The lowest BCUT2D eigenvalue weighted by atomic mass is 9.80. The van der Waals surface area contributed by atoms with Crippen LogP contribution in [0, 0.1) is 5.92 Å². The van der Waals surface area contributed by atoms with Gasteiger partial charge in [-0.3, -0.25) is 4.79 Å². The molecule has 7 nitrogen and oxygen atoms in total. The van der Waals surface area contributed by atoms with Crippen LogP contribution in [0.15, 0.2) is 35.4 Å². The molecule has 1 fully saturated rings. The third-order valence-corrected chi connectivity index (χ3v) is 5.78. The van der Waals surface area contributed by atoms with Crippen LogP contribution in [0.5, 0.6) is 34.5 Å². The van der Waals surface area contributed by atoms with E-state index in [1.807, 2.05) is 36.4 Å². The Labute approximate surface area is 200 Å². The van der Waals surface area contributed by atoms with Crippen LogP contribution in [-0.4, -0.2) is 48.4 Å². The zero-order valence-electron chi connectivity index (χ0n) is 20.8. The predicted octanol–water partition coefficient (Wildman–Crippen LogP) is 5.20. The highest BCUT2D eigenvalue weighted by atomic mass is 16.5. The quantitative estimate of drug-likeness (QED) is 0.493. The van der Waals surface area contributed by atoms with Crippen molar-refractivity contribution in [3.8, 4) is 34.5 Å². The van der Waals surface area contributed by atoms with E-state index in [9.17, 15) is 4.79 Å². The van der Waals surface area contributed by atoms with Crippen LogP contribution in [0.2, 0.25) is 0 Å². The van der Waals surface area contributed by atoms with Crippen molar-refractivity contribution in [3.63, 3.8) is 0 Å². The van der Waals surface area contributed by atoms with E-state index in [0.29, 0.717) is 53.3 Å². The van der Waals surface area contributed by atoms with Gasteiger partial charge in [-0.15, -0.1) is 0 Å². The number of rotatable bonds is 8. The Hall–Kier alpha value is -3.61. The maximum absolute atomic E-state index is 13.4. The molecule has 0 heterocycles. The van der Waals surface area contributed by atoms with Crippen molar-refractivity contribution in [2.75, 3.05) is 42.7 Å². The van der Waals surface area contributed by atoms with E-state index in [2.05, 4.69) is 6.92 Å². The number of carbonyl (C=O) groups is 1. The minimum Gasteiger partial charge on any atom is -0.493 e. The number of Topliss-reactive ketones (excluding diaryl/α,β-unsaturated/α-hetero) is 1. The summed E-state index contributed by atoms with van der Waals surface area (Å²) < 4.78 is 32.6. The van der Waals surface area contributed by atoms with Crippen molar-refractivity contribution in [3.05, 3.63) is 46.5 Å². The molecule has 0 spiro atoms. The van der Waals surface area contributed by atoms with E-state index in [0.717, 1.165) is 22.3 Å². The second-order valence-corrected chi connectivity index (χ2v) is 8.10. The van der Waals surface area contributed by atoms with Gasteiger partial charge in [-0.1, -0.05) is 6.92 Å². The topological polar surface area (TPSA) is 72.5 Å². The highest BCUT2D eigenvalue weighted by molar-refractivity contribution is 6.14. The van der Waals surface area contributed by atoms with Crippen molar-refractivity contribution < 1.29 is 33.2 Å². The van der Waals surface area contributed by atoms with E-state index in [4.69, 9.17) is 28.4 Å². The third kappa shape index (κ3) is 5.14.